The van der Waals surface area contributed by atoms with Gasteiger partial charge in [0.15, 0.2) is 11.7 Å². The van der Waals surface area contributed by atoms with E-state index in [0.29, 0.717) is 11.4 Å². The molecule has 0 radical (unpaired) electrons. The molecule has 0 fully saturated rings. The number of furan rings is 1. The lowest BCUT2D eigenvalue weighted by Crippen LogP contribution is -2.44. The highest BCUT2D eigenvalue weighted by Gasteiger charge is 2.38. The lowest BCUT2D eigenvalue weighted by Gasteiger charge is -2.30. The van der Waals surface area contributed by atoms with Crippen LogP contribution in [0.5, 0.6) is 0 Å². The average molecular weight is 508 g/mol. The van der Waals surface area contributed by atoms with Crippen molar-refractivity contribution in [2.75, 3.05) is 30.9 Å². The second-order valence-electron chi connectivity index (χ2n) is 7.95. The molecule has 10 nitrogen and oxygen atoms in total. The zero-order chi connectivity index (χ0) is 25.8. The summed E-state index contributed by atoms with van der Waals surface area (Å²) >= 11 is 0.743. The molecule has 0 saturated heterocycles. The number of carbonyl (C=O) groups excluding carboxylic acids is 3. The molecular formula is C25H25N5O5S. The Hall–Kier alpha value is -4.22. The van der Waals surface area contributed by atoms with Crippen LogP contribution in [-0.2, 0) is 9.53 Å². The molecule has 2 heterocycles. The second-order valence-corrected chi connectivity index (χ2v) is 8.72. The maximum absolute atomic E-state index is 14.1. The van der Waals surface area contributed by atoms with E-state index in [-0.39, 0.29) is 35.2 Å². The molecule has 3 amide bonds. The van der Waals surface area contributed by atoms with Gasteiger partial charge in [0, 0.05) is 19.0 Å². The van der Waals surface area contributed by atoms with Crippen LogP contribution in [0.1, 0.15) is 37.7 Å². The minimum absolute atomic E-state index is 0.0188. The van der Waals surface area contributed by atoms with Crippen LogP contribution in [0.25, 0.3) is 10.8 Å². The first-order valence-electron chi connectivity index (χ1n) is 11.0. The molecule has 0 unspecified atom stereocenters. The van der Waals surface area contributed by atoms with Crippen LogP contribution >= 0.6 is 11.5 Å². The number of nitrogens with two attached hydrogens (primary N) is 2. The Labute approximate surface area is 211 Å². The van der Waals surface area contributed by atoms with E-state index in [9.17, 15) is 14.4 Å². The van der Waals surface area contributed by atoms with Crippen molar-refractivity contribution in [3.05, 3.63) is 76.7 Å². The van der Waals surface area contributed by atoms with Crippen LogP contribution in [0, 0.1) is 6.92 Å². The van der Waals surface area contributed by atoms with E-state index in [0.717, 1.165) is 22.3 Å². The minimum Gasteiger partial charge on any atom is -0.464 e. The number of methoxy groups -OCH3 is 1. The fourth-order valence-electron chi connectivity index (χ4n) is 3.87. The molecule has 186 valence electrons. The van der Waals surface area contributed by atoms with E-state index in [1.165, 1.54) is 12.0 Å². The fraction of sp³-hybridized carbons (Fsp3) is 0.200. The van der Waals surface area contributed by atoms with Gasteiger partial charge in [-0.05, 0) is 42.0 Å². The molecule has 0 aliphatic rings. The van der Waals surface area contributed by atoms with E-state index >= 15 is 0 Å². The minimum atomic E-state index is -1.20. The number of hydrogen-bond acceptors (Lipinski definition) is 8. The first-order chi connectivity index (χ1) is 17.3. The van der Waals surface area contributed by atoms with Crippen LogP contribution in [-0.4, -0.2) is 42.4 Å². The number of nitrogens with one attached hydrogen (secondary N) is 1. The maximum atomic E-state index is 14.1. The summed E-state index contributed by atoms with van der Waals surface area (Å²) in [5.41, 5.74) is 11.6. The van der Waals surface area contributed by atoms with Crippen LogP contribution in [0.4, 0.5) is 11.4 Å². The number of aromatic nitrogens is 1. The molecule has 2 aromatic carbocycles. The monoisotopic (exact) mass is 507 g/mol. The average Bonchev–Trinajstić information content (AvgIpc) is 3.47. The summed E-state index contributed by atoms with van der Waals surface area (Å²) in [5.74, 6) is -1.15. The van der Waals surface area contributed by atoms with Gasteiger partial charge in [-0.1, -0.05) is 36.4 Å². The number of fused-ring (bicyclic) bond motifs is 1. The maximum Gasteiger partial charge on any atom is 0.273 e. The smallest absolute Gasteiger partial charge is 0.273 e. The van der Waals surface area contributed by atoms with Gasteiger partial charge in [0.05, 0.1) is 18.0 Å². The van der Waals surface area contributed by atoms with E-state index in [4.69, 9.17) is 20.6 Å². The quantitative estimate of drug-likeness (QED) is 0.294. The zero-order valence-corrected chi connectivity index (χ0v) is 20.5. The Bertz CT molecular complexity index is 1420. The van der Waals surface area contributed by atoms with Gasteiger partial charge in [0.25, 0.3) is 17.7 Å². The third kappa shape index (κ3) is 4.79. The number of benzene rings is 2. The lowest BCUT2D eigenvalue weighted by atomic mass is 10.0. The van der Waals surface area contributed by atoms with Crippen molar-refractivity contribution in [1.29, 1.82) is 0 Å². The molecule has 4 rings (SSSR count). The van der Waals surface area contributed by atoms with Gasteiger partial charge in [-0.25, -0.2) is 0 Å². The zero-order valence-electron chi connectivity index (χ0n) is 19.7. The Morgan fingerprint density at radius 3 is 2.56 bits per heavy atom. The van der Waals surface area contributed by atoms with Gasteiger partial charge in [-0.3, -0.25) is 19.3 Å². The van der Waals surface area contributed by atoms with Crippen LogP contribution in [0.3, 0.4) is 0 Å². The second kappa shape index (κ2) is 10.6. The highest BCUT2D eigenvalue weighted by Crippen LogP contribution is 2.37. The van der Waals surface area contributed by atoms with Crippen LogP contribution < -0.4 is 21.7 Å². The topological polar surface area (TPSA) is 154 Å². The van der Waals surface area contributed by atoms with Crippen molar-refractivity contribution in [1.82, 2.24) is 9.69 Å². The third-order valence-corrected chi connectivity index (χ3v) is 6.39. The number of rotatable bonds is 9. The number of primary amides is 1. The van der Waals surface area contributed by atoms with E-state index in [1.54, 1.807) is 31.2 Å². The number of hydrogen-bond donors (Lipinski definition) is 3. The first-order valence-corrected chi connectivity index (χ1v) is 11.8. The van der Waals surface area contributed by atoms with Gasteiger partial charge in [-0.2, -0.15) is 4.37 Å². The number of nitrogens with zero attached hydrogens (tertiary/aromatic N) is 2. The molecule has 2 aromatic heterocycles. The van der Waals surface area contributed by atoms with E-state index < -0.39 is 23.8 Å². The van der Waals surface area contributed by atoms with Crippen molar-refractivity contribution in [3.63, 3.8) is 0 Å². The lowest BCUT2D eigenvalue weighted by molar-refractivity contribution is -0.123. The molecule has 0 spiro atoms. The largest absolute Gasteiger partial charge is 0.464 e. The Morgan fingerprint density at radius 1 is 1.14 bits per heavy atom. The highest BCUT2D eigenvalue weighted by atomic mass is 32.1. The standard InChI is InChI=1S/C25H25N5O5S/c1-14-10-11-18(35-14)21(24(32)28-12-13-34-2)30(17-9-5-7-15-6-3-4-8-16(15)17)25(33)22-19(26)20(23(27)31)29-36-22/h3-11,21H,12-13,26H2,1-2H3,(H2,27,31)(H,28,32)/t21-/m0/s1. The summed E-state index contributed by atoms with van der Waals surface area (Å²) < 4.78 is 14.9. The Kier molecular flexibility index (Phi) is 7.32. The van der Waals surface area contributed by atoms with Gasteiger partial charge in [-0.15, -0.1) is 0 Å². The van der Waals surface area contributed by atoms with E-state index in [1.807, 2.05) is 30.3 Å². The third-order valence-electron chi connectivity index (χ3n) is 5.54. The van der Waals surface area contributed by atoms with E-state index in [2.05, 4.69) is 9.69 Å². The molecule has 5 N–H and O–H groups in total. The number of amides is 3. The van der Waals surface area contributed by atoms with Crippen LogP contribution in [0.2, 0.25) is 0 Å². The Balaban J connectivity index is 1.93. The van der Waals surface area contributed by atoms with Gasteiger partial charge >= 0.3 is 0 Å². The van der Waals surface area contributed by atoms with Gasteiger partial charge in [0.1, 0.15) is 16.4 Å². The number of ether oxygens (including phenoxy) is 1. The van der Waals surface area contributed by atoms with Gasteiger partial charge in [0.2, 0.25) is 0 Å². The summed E-state index contributed by atoms with van der Waals surface area (Å²) in [7, 11) is 1.52. The number of aryl methyl sites for hydroxylation is 1. The number of nitrogen functional groups attached to an aromatic ring is 1. The molecule has 36 heavy (non-hydrogen) atoms. The molecule has 1 atom stereocenters. The molecular weight excluding hydrogens is 482 g/mol. The predicted molar refractivity (Wildman–Crippen MR) is 137 cm³/mol. The van der Waals surface area contributed by atoms with Crippen molar-refractivity contribution < 1.29 is 23.5 Å². The highest BCUT2D eigenvalue weighted by molar-refractivity contribution is 7.09. The summed E-state index contributed by atoms with van der Waals surface area (Å²) in [6.45, 7) is 2.24. The first kappa shape index (κ1) is 24.9. The van der Waals surface area contributed by atoms with Crippen molar-refractivity contribution in [2.24, 2.45) is 5.73 Å². The molecule has 0 aliphatic carbocycles. The summed E-state index contributed by atoms with van der Waals surface area (Å²) in [5, 5.41) is 4.38. The number of carbonyl (C=O) groups is 3. The Morgan fingerprint density at radius 2 is 1.89 bits per heavy atom. The molecule has 0 bridgehead atoms. The molecule has 11 heteroatoms. The summed E-state index contributed by atoms with van der Waals surface area (Å²) in [4.78, 5) is 40.7. The molecule has 4 aromatic rings. The SMILES string of the molecule is COCCNC(=O)[C@H](c1ccc(C)o1)N(C(=O)c1snc(C(N)=O)c1N)c1cccc2ccccc12. The normalized spacial score (nSPS) is 11.8. The van der Waals surface area contributed by atoms with Gasteiger partial charge < -0.3 is 25.9 Å². The fourth-order valence-corrected chi connectivity index (χ4v) is 4.61. The van der Waals surface area contributed by atoms with Crippen molar-refractivity contribution in [3.8, 4) is 0 Å². The van der Waals surface area contributed by atoms with Crippen molar-refractivity contribution in [2.45, 2.75) is 13.0 Å². The molecule has 0 aliphatic heterocycles. The number of anilines is 2. The van der Waals surface area contributed by atoms with Crippen LogP contribution in [0.15, 0.2) is 59.0 Å². The van der Waals surface area contributed by atoms with Crippen molar-refractivity contribution >= 4 is 51.4 Å². The molecule has 0 saturated carbocycles. The summed E-state index contributed by atoms with van der Waals surface area (Å²) in [6.07, 6.45) is 0. The summed E-state index contributed by atoms with van der Waals surface area (Å²) in [6, 6.07) is 15.0. The predicted octanol–water partition coefficient (Wildman–Crippen LogP) is 3.03.